The van der Waals surface area contributed by atoms with Crippen LogP contribution in [0.25, 0.3) is 0 Å². The third-order valence-electron chi connectivity index (χ3n) is 3.41. The Bertz CT molecular complexity index is 104. The maximum atomic E-state index is 6.19. The van der Waals surface area contributed by atoms with Gasteiger partial charge in [0, 0.05) is 6.04 Å². The SMILES string of the molecule is CCC(CC)CC(N)C(CC)CC. The highest BCUT2D eigenvalue weighted by atomic mass is 14.6. The van der Waals surface area contributed by atoms with Crippen LogP contribution < -0.4 is 5.73 Å². The summed E-state index contributed by atoms with van der Waals surface area (Å²) in [5.41, 5.74) is 6.19. The molecule has 1 nitrogen and oxygen atoms in total. The molecule has 0 aromatic heterocycles. The largest absolute Gasteiger partial charge is 0.327 e. The lowest BCUT2D eigenvalue weighted by atomic mass is 9.86. The van der Waals surface area contributed by atoms with Gasteiger partial charge in [0.15, 0.2) is 0 Å². The van der Waals surface area contributed by atoms with Crippen LogP contribution in [0.3, 0.4) is 0 Å². The van der Waals surface area contributed by atoms with E-state index in [2.05, 4.69) is 27.7 Å². The average Bonchev–Trinajstić information content (AvgIpc) is 2.16. The molecule has 1 atom stereocenters. The van der Waals surface area contributed by atoms with Crippen LogP contribution in [0.5, 0.6) is 0 Å². The van der Waals surface area contributed by atoms with Crippen molar-refractivity contribution >= 4 is 0 Å². The van der Waals surface area contributed by atoms with Gasteiger partial charge in [0.2, 0.25) is 0 Å². The molecule has 0 amide bonds. The molecule has 2 N–H and O–H groups in total. The van der Waals surface area contributed by atoms with Crippen LogP contribution in [0.1, 0.15) is 59.8 Å². The lowest BCUT2D eigenvalue weighted by Gasteiger charge is -2.24. The van der Waals surface area contributed by atoms with E-state index in [0.717, 1.165) is 11.8 Å². The summed E-state index contributed by atoms with van der Waals surface area (Å²) in [7, 11) is 0. The Labute approximate surface area is 84.1 Å². The van der Waals surface area contributed by atoms with Crippen LogP contribution in [0.4, 0.5) is 0 Å². The molecule has 0 aromatic carbocycles. The highest BCUT2D eigenvalue weighted by Gasteiger charge is 2.17. The summed E-state index contributed by atoms with van der Waals surface area (Å²) >= 11 is 0. The molecule has 0 saturated carbocycles. The van der Waals surface area contributed by atoms with E-state index in [9.17, 15) is 0 Å². The van der Waals surface area contributed by atoms with Crippen LogP contribution in [-0.4, -0.2) is 6.04 Å². The standard InChI is InChI=1S/C12H27N/c1-5-10(6-2)9-12(13)11(7-3)8-4/h10-12H,5-9,13H2,1-4H3. The van der Waals surface area contributed by atoms with Crippen LogP contribution in [0.15, 0.2) is 0 Å². The Kier molecular flexibility index (Phi) is 7.35. The minimum absolute atomic E-state index is 0.430. The smallest absolute Gasteiger partial charge is 0.00695 e. The van der Waals surface area contributed by atoms with E-state index >= 15 is 0 Å². The molecule has 0 rings (SSSR count). The van der Waals surface area contributed by atoms with E-state index in [1.165, 1.54) is 32.1 Å². The Morgan fingerprint density at radius 2 is 1.31 bits per heavy atom. The van der Waals surface area contributed by atoms with Crippen molar-refractivity contribution in [1.29, 1.82) is 0 Å². The molecule has 0 aliphatic heterocycles. The predicted octanol–water partition coefficient (Wildman–Crippen LogP) is 3.58. The van der Waals surface area contributed by atoms with Crippen LogP contribution in [0.2, 0.25) is 0 Å². The molecule has 80 valence electrons. The monoisotopic (exact) mass is 185 g/mol. The van der Waals surface area contributed by atoms with Gasteiger partial charge in [-0.3, -0.25) is 0 Å². The first-order chi connectivity index (χ1) is 6.19. The van der Waals surface area contributed by atoms with Crippen LogP contribution in [0, 0.1) is 11.8 Å². The second-order valence-electron chi connectivity index (χ2n) is 4.16. The van der Waals surface area contributed by atoms with Crippen molar-refractivity contribution in [2.45, 2.75) is 65.8 Å². The molecule has 0 aromatic rings. The van der Waals surface area contributed by atoms with Crippen LogP contribution in [-0.2, 0) is 0 Å². The molecular formula is C12H27N. The van der Waals surface area contributed by atoms with E-state index in [1.54, 1.807) is 0 Å². The van der Waals surface area contributed by atoms with Crippen molar-refractivity contribution in [3.63, 3.8) is 0 Å². The zero-order chi connectivity index (χ0) is 10.3. The zero-order valence-corrected chi connectivity index (χ0v) is 9.84. The van der Waals surface area contributed by atoms with Crippen molar-refractivity contribution in [2.75, 3.05) is 0 Å². The summed E-state index contributed by atoms with van der Waals surface area (Å²) in [5.74, 6) is 1.58. The predicted molar refractivity (Wildman–Crippen MR) is 60.7 cm³/mol. The number of nitrogens with two attached hydrogens (primary N) is 1. The van der Waals surface area contributed by atoms with Gasteiger partial charge in [-0.25, -0.2) is 0 Å². The van der Waals surface area contributed by atoms with E-state index in [1.807, 2.05) is 0 Å². The molecule has 0 spiro atoms. The second kappa shape index (κ2) is 7.37. The highest BCUT2D eigenvalue weighted by Crippen LogP contribution is 2.21. The molecule has 0 aliphatic rings. The third kappa shape index (κ3) is 4.66. The zero-order valence-electron chi connectivity index (χ0n) is 9.84. The summed E-state index contributed by atoms with van der Waals surface area (Å²) in [6, 6.07) is 0.430. The molecular weight excluding hydrogens is 158 g/mol. The first-order valence-corrected chi connectivity index (χ1v) is 5.94. The van der Waals surface area contributed by atoms with Crippen molar-refractivity contribution in [3.8, 4) is 0 Å². The van der Waals surface area contributed by atoms with E-state index in [0.29, 0.717) is 6.04 Å². The molecule has 0 bridgehead atoms. The van der Waals surface area contributed by atoms with Crippen molar-refractivity contribution < 1.29 is 0 Å². The fourth-order valence-corrected chi connectivity index (χ4v) is 2.09. The molecule has 0 saturated heterocycles. The minimum atomic E-state index is 0.430. The van der Waals surface area contributed by atoms with Gasteiger partial charge in [-0.05, 0) is 18.3 Å². The number of rotatable bonds is 7. The van der Waals surface area contributed by atoms with Gasteiger partial charge in [0.25, 0.3) is 0 Å². The number of hydrogen-bond donors (Lipinski definition) is 1. The topological polar surface area (TPSA) is 26.0 Å². The Hall–Kier alpha value is -0.0400. The summed E-state index contributed by atoms with van der Waals surface area (Å²) in [6.07, 6.45) is 6.25. The summed E-state index contributed by atoms with van der Waals surface area (Å²) in [6.45, 7) is 9.05. The highest BCUT2D eigenvalue weighted by molar-refractivity contribution is 4.73. The van der Waals surface area contributed by atoms with E-state index in [-0.39, 0.29) is 0 Å². The van der Waals surface area contributed by atoms with Gasteiger partial charge in [-0.1, -0.05) is 53.4 Å². The lowest BCUT2D eigenvalue weighted by Crippen LogP contribution is -2.31. The summed E-state index contributed by atoms with van der Waals surface area (Å²) in [4.78, 5) is 0. The Balaban J connectivity index is 3.87. The summed E-state index contributed by atoms with van der Waals surface area (Å²) < 4.78 is 0. The Morgan fingerprint density at radius 3 is 1.62 bits per heavy atom. The average molecular weight is 185 g/mol. The van der Waals surface area contributed by atoms with Gasteiger partial charge in [0.05, 0.1) is 0 Å². The second-order valence-corrected chi connectivity index (χ2v) is 4.16. The quantitative estimate of drug-likeness (QED) is 0.644. The van der Waals surface area contributed by atoms with Gasteiger partial charge >= 0.3 is 0 Å². The fraction of sp³-hybridized carbons (Fsp3) is 1.00. The van der Waals surface area contributed by atoms with E-state index in [4.69, 9.17) is 5.73 Å². The van der Waals surface area contributed by atoms with Gasteiger partial charge < -0.3 is 5.73 Å². The van der Waals surface area contributed by atoms with Crippen LogP contribution >= 0.6 is 0 Å². The minimum Gasteiger partial charge on any atom is -0.327 e. The maximum Gasteiger partial charge on any atom is 0.00695 e. The van der Waals surface area contributed by atoms with Gasteiger partial charge in [-0.2, -0.15) is 0 Å². The molecule has 0 radical (unpaired) electrons. The summed E-state index contributed by atoms with van der Waals surface area (Å²) in [5, 5.41) is 0. The van der Waals surface area contributed by atoms with Crippen molar-refractivity contribution in [1.82, 2.24) is 0 Å². The normalized spacial score (nSPS) is 14.1. The third-order valence-corrected chi connectivity index (χ3v) is 3.41. The number of hydrogen-bond acceptors (Lipinski definition) is 1. The lowest BCUT2D eigenvalue weighted by molar-refractivity contribution is 0.315. The first-order valence-electron chi connectivity index (χ1n) is 5.94. The molecule has 0 aliphatic carbocycles. The molecule has 0 fully saturated rings. The van der Waals surface area contributed by atoms with E-state index < -0.39 is 0 Å². The van der Waals surface area contributed by atoms with Crippen molar-refractivity contribution in [3.05, 3.63) is 0 Å². The fourth-order valence-electron chi connectivity index (χ4n) is 2.09. The van der Waals surface area contributed by atoms with Gasteiger partial charge in [-0.15, -0.1) is 0 Å². The van der Waals surface area contributed by atoms with Crippen molar-refractivity contribution in [2.24, 2.45) is 17.6 Å². The van der Waals surface area contributed by atoms with Gasteiger partial charge in [0.1, 0.15) is 0 Å². The molecule has 1 unspecified atom stereocenters. The maximum absolute atomic E-state index is 6.19. The molecule has 0 heterocycles. The first kappa shape index (κ1) is 13.0. The Morgan fingerprint density at radius 1 is 0.846 bits per heavy atom. The molecule has 1 heteroatoms. The molecule has 13 heavy (non-hydrogen) atoms.